The number of primary amides is 1. The number of carbonyl (C=O) groups is 5. The summed E-state index contributed by atoms with van der Waals surface area (Å²) < 4.78 is 5.20. The monoisotopic (exact) mass is 643 g/mol. The Labute approximate surface area is 273 Å². The largest absolute Gasteiger partial charge is 0.445 e. The number of benzene rings is 3. The summed E-state index contributed by atoms with van der Waals surface area (Å²) in [6, 6.07) is 24.1. The van der Waals surface area contributed by atoms with E-state index in [0.29, 0.717) is 36.9 Å². The van der Waals surface area contributed by atoms with Gasteiger partial charge in [-0.3, -0.25) is 19.2 Å². The number of aliphatic hydroxyl groups is 1. The Morgan fingerprint density at radius 2 is 1.45 bits per heavy atom. The standard InChI is InChI=1S/C35H41N5O7/c36-30(41)22-28(39-35(46)47-23-26-15-8-3-9-16-26)32(43)38-27(21-25-13-6-2-7-14-25)31(42)34(45)40-20-10-17-29(40)33(44)37-19-18-24-11-4-1-5-12-24/h1-9,11-16,27-29,31,42H,10,17-23H2,(H2,36,41)(H,37,44)(H,38,43)(H,39,46)/t27-,28-,29-,31?/m0/s1. The molecule has 0 aliphatic carbocycles. The van der Waals surface area contributed by atoms with E-state index in [1.54, 1.807) is 54.6 Å². The number of nitrogens with one attached hydrogen (secondary N) is 3. The molecule has 1 fully saturated rings. The third-order valence-corrected chi connectivity index (χ3v) is 7.88. The average molecular weight is 644 g/mol. The van der Waals surface area contributed by atoms with Crippen LogP contribution in [-0.2, 0) is 43.4 Å². The first-order chi connectivity index (χ1) is 22.7. The highest BCUT2D eigenvalue weighted by Crippen LogP contribution is 2.20. The van der Waals surface area contributed by atoms with Crippen LogP contribution in [0.4, 0.5) is 4.79 Å². The van der Waals surface area contributed by atoms with Crippen molar-refractivity contribution in [1.82, 2.24) is 20.9 Å². The fourth-order valence-electron chi connectivity index (χ4n) is 5.45. The van der Waals surface area contributed by atoms with Crippen molar-refractivity contribution in [2.24, 2.45) is 5.73 Å². The van der Waals surface area contributed by atoms with Gasteiger partial charge in [0.25, 0.3) is 5.91 Å². The van der Waals surface area contributed by atoms with Crippen LogP contribution in [0.25, 0.3) is 0 Å². The van der Waals surface area contributed by atoms with Crippen LogP contribution in [0, 0.1) is 0 Å². The minimum Gasteiger partial charge on any atom is -0.445 e. The molecule has 12 nitrogen and oxygen atoms in total. The molecule has 3 aromatic rings. The molecule has 1 aliphatic rings. The fourth-order valence-corrected chi connectivity index (χ4v) is 5.45. The molecule has 1 unspecified atom stereocenters. The molecule has 248 valence electrons. The van der Waals surface area contributed by atoms with Gasteiger partial charge in [-0.1, -0.05) is 91.0 Å². The van der Waals surface area contributed by atoms with Crippen LogP contribution in [0.1, 0.15) is 36.0 Å². The number of rotatable bonds is 15. The van der Waals surface area contributed by atoms with E-state index < -0.39 is 54.5 Å². The fraction of sp³-hybridized carbons (Fsp3) is 0.343. The van der Waals surface area contributed by atoms with Crippen molar-refractivity contribution in [2.75, 3.05) is 13.1 Å². The highest BCUT2D eigenvalue weighted by molar-refractivity contribution is 5.93. The Morgan fingerprint density at radius 3 is 2.06 bits per heavy atom. The van der Waals surface area contributed by atoms with E-state index in [2.05, 4.69) is 16.0 Å². The summed E-state index contributed by atoms with van der Waals surface area (Å²) in [5.41, 5.74) is 7.86. The molecule has 1 heterocycles. The second-order valence-corrected chi connectivity index (χ2v) is 11.4. The average Bonchev–Trinajstić information content (AvgIpc) is 3.58. The minimum absolute atomic E-state index is 0.0447. The Balaban J connectivity index is 1.43. The number of alkyl carbamates (subject to hydrolysis) is 1. The summed E-state index contributed by atoms with van der Waals surface area (Å²) in [4.78, 5) is 66.0. The molecule has 6 N–H and O–H groups in total. The van der Waals surface area contributed by atoms with E-state index in [0.717, 1.165) is 5.56 Å². The van der Waals surface area contributed by atoms with Crippen LogP contribution in [0.5, 0.6) is 0 Å². The predicted octanol–water partition coefficient (Wildman–Crippen LogP) is 1.60. The predicted molar refractivity (Wildman–Crippen MR) is 173 cm³/mol. The molecule has 0 bridgehead atoms. The van der Waals surface area contributed by atoms with Gasteiger partial charge in [-0.2, -0.15) is 0 Å². The van der Waals surface area contributed by atoms with Gasteiger partial charge in [0, 0.05) is 13.1 Å². The molecular formula is C35H41N5O7. The SMILES string of the molecule is NC(=O)C[C@H](NC(=O)OCc1ccccc1)C(=O)N[C@@H](Cc1ccccc1)C(O)C(=O)N1CCC[C@H]1C(=O)NCCc1ccccc1. The number of nitrogens with two attached hydrogens (primary N) is 1. The van der Waals surface area contributed by atoms with Gasteiger partial charge in [0.2, 0.25) is 17.7 Å². The van der Waals surface area contributed by atoms with Crippen molar-refractivity contribution in [3.8, 4) is 0 Å². The molecule has 1 saturated heterocycles. The van der Waals surface area contributed by atoms with E-state index >= 15 is 0 Å². The second-order valence-electron chi connectivity index (χ2n) is 11.4. The number of amides is 5. The third-order valence-electron chi connectivity index (χ3n) is 7.88. The van der Waals surface area contributed by atoms with Crippen molar-refractivity contribution in [1.29, 1.82) is 0 Å². The van der Waals surface area contributed by atoms with Gasteiger partial charge in [0.05, 0.1) is 12.5 Å². The molecule has 5 amide bonds. The number of hydrogen-bond donors (Lipinski definition) is 5. The van der Waals surface area contributed by atoms with Gasteiger partial charge in [-0.05, 0) is 42.4 Å². The molecular weight excluding hydrogens is 602 g/mol. The molecule has 47 heavy (non-hydrogen) atoms. The zero-order valence-corrected chi connectivity index (χ0v) is 26.0. The summed E-state index contributed by atoms with van der Waals surface area (Å²) in [5.74, 6) is -2.73. The lowest BCUT2D eigenvalue weighted by atomic mass is 9.99. The van der Waals surface area contributed by atoms with Gasteiger partial charge >= 0.3 is 6.09 Å². The summed E-state index contributed by atoms with van der Waals surface area (Å²) in [6.07, 6.45) is -1.57. The van der Waals surface area contributed by atoms with Crippen molar-refractivity contribution in [2.45, 2.75) is 62.9 Å². The van der Waals surface area contributed by atoms with Gasteiger partial charge in [0.1, 0.15) is 18.7 Å². The van der Waals surface area contributed by atoms with E-state index in [9.17, 15) is 29.1 Å². The highest BCUT2D eigenvalue weighted by atomic mass is 16.5. The number of hydrogen-bond acceptors (Lipinski definition) is 7. The summed E-state index contributed by atoms with van der Waals surface area (Å²) >= 11 is 0. The maximum Gasteiger partial charge on any atom is 0.408 e. The number of likely N-dealkylation sites (tertiary alicyclic amines) is 1. The van der Waals surface area contributed by atoms with Crippen LogP contribution in [0.15, 0.2) is 91.0 Å². The van der Waals surface area contributed by atoms with Gasteiger partial charge in [-0.15, -0.1) is 0 Å². The van der Waals surface area contributed by atoms with Crippen molar-refractivity contribution >= 4 is 29.7 Å². The van der Waals surface area contributed by atoms with E-state index in [1.807, 2.05) is 36.4 Å². The Morgan fingerprint density at radius 1 is 0.851 bits per heavy atom. The van der Waals surface area contributed by atoms with Crippen LogP contribution in [0.3, 0.4) is 0 Å². The van der Waals surface area contributed by atoms with Crippen LogP contribution < -0.4 is 21.7 Å². The highest BCUT2D eigenvalue weighted by Gasteiger charge is 2.40. The smallest absolute Gasteiger partial charge is 0.408 e. The lowest BCUT2D eigenvalue weighted by Gasteiger charge is -2.31. The van der Waals surface area contributed by atoms with Gasteiger partial charge < -0.3 is 36.4 Å². The van der Waals surface area contributed by atoms with Crippen molar-refractivity contribution in [3.05, 3.63) is 108 Å². The van der Waals surface area contributed by atoms with Gasteiger partial charge in [-0.25, -0.2) is 4.79 Å². The molecule has 4 rings (SSSR count). The first-order valence-corrected chi connectivity index (χ1v) is 15.6. The zero-order valence-electron chi connectivity index (χ0n) is 26.0. The topological polar surface area (TPSA) is 180 Å². The van der Waals surface area contributed by atoms with E-state index in [1.165, 1.54) is 4.90 Å². The minimum atomic E-state index is -1.74. The quantitative estimate of drug-likeness (QED) is 0.167. The molecule has 4 atom stereocenters. The Bertz CT molecular complexity index is 1490. The van der Waals surface area contributed by atoms with Crippen molar-refractivity contribution < 1.29 is 33.8 Å². The summed E-state index contributed by atoms with van der Waals surface area (Å²) in [7, 11) is 0. The first-order valence-electron chi connectivity index (χ1n) is 15.6. The van der Waals surface area contributed by atoms with Gasteiger partial charge in [0.15, 0.2) is 6.10 Å². The lowest BCUT2D eigenvalue weighted by molar-refractivity contribution is -0.147. The van der Waals surface area contributed by atoms with Crippen molar-refractivity contribution in [3.63, 3.8) is 0 Å². The van der Waals surface area contributed by atoms with E-state index in [-0.39, 0.29) is 25.5 Å². The molecule has 0 spiro atoms. The maximum absolute atomic E-state index is 13.7. The number of ether oxygens (including phenoxy) is 1. The third kappa shape index (κ3) is 10.7. The second kappa shape index (κ2) is 17.5. The first kappa shape index (κ1) is 34.6. The molecule has 3 aromatic carbocycles. The maximum atomic E-state index is 13.7. The molecule has 1 aliphatic heterocycles. The van der Waals surface area contributed by atoms with Crippen LogP contribution in [-0.4, -0.2) is 77.0 Å². The lowest BCUT2D eigenvalue weighted by Crippen LogP contribution is -2.58. The van der Waals surface area contributed by atoms with Crippen LogP contribution in [0.2, 0.25) is 0 Å². The summed E-state index contributed by atoms with van der Waals surface area (Å²) in [6.45, 7) is 0.578. The van der Waals surface area contributed by atoms with E-state index in [4.69, 9.17) is 10.5 Å². The Hall–Kier alpha value is -5.23. The Kier molecular flexibility index (Phi) is 12.9. The summed E-state index contributed by atoms with van der Waals surface area (Å²) in [5, 5.41) is 19.3. The van der Waals surface area contributed by atoms with Crippen LogP contribution >= 0.6 is 0 Å². The number of aliphatic hydroxyl groups excluding tert-OH is 1. The number of carbonyl (C=O) groups excluding carboxylic acids is 5. The molecule has 0 radical (unpaired) electrons. The molecule has 12 heteroatoms. The molecule has 0 aromatic heterocycles. The normalized spacial score (nSPS) is 15.9. The molecule has 0 saturated carbocycles. The zero-order chi connectivity index (χ0) is 33.6. The number of nitrogens with zero attached hydrogens (tertiary/aromatic N) is 1.